The molecule has 1 aliphatic rings. The molecule has 1 saturated heterocycles. The molecule has 8 heteroatoms. The number of aryl methyl sites for hydroxylation is 1. The first kappa shape index (κ1) is 16.1. The lowest BCUT2D eigenvalue weighted by molar-refractivity contribution is 0.405. The van der Waals surface area contributed by atoms with Crippen LogP contribution in [0.4, 0.5) is 0 Å². The van der Waals surface area contributed by atoms with Crippen LogP contribution in [0.5, 0.6) is 0 Å². The fourth-order valence-electron chi connectivity index (χ4n) is 2.58. The molecule has 0 saturated carbocycles. The summed E-state index contributed by atoms with van der Waals surface area (Å²) in [5.41, 5.74) is 0.933. The number of sulfonamides is 1. The first-order chi connectivity index (χ1) is 11.1. The molecule has 1 aromatic heterocycles. The van der Waals surface area contributed by atoms with E-state index < -0.39 is 15.3 Å². The minimum atomic E-state index is -3.40. The smallest absolute Gasteiger partial charge is 0.233 e. The highest BCUT2D eigenvalue weighted by molar-refractivity contribution is 7.90. The molecule has 2 aromatic rings. The van der Waals surface area contributed by atoms with Crippen molar-refractivity contribution in [3.63, 3.8) is 0 Å². The van der Waals surface area contributed by atoms with Gasteiger partial charge in [0.05, 0.1) is 11.3 Å². The van der Waals surface area contributed by atoms with Crippen molar-refractivity contribution in [3.8, 4) is 0 Å². The van der Waals surface area contributed by atoms with Crippen LogP contribution < -0.4 is 10.0 Å². The Hall–Kier alpha value is -1.77. The summed E-state index contributed by atoms with van der Waals surface area (Å²) >= 11 is 0. The maximum Gasteiger partial charge on any atom is 0.233 e. The summed E-state index contributed by atoms with van der Waals surface area (Å²) < 4.78 is 33.0. The maximum absolute atomic E-state index is 12.4. The molecule has 1 fully saturated rings. The highest BCUT2D eigenvalue weighted by Gasteiger charge is 2.36. The van der Waals surface area contributed by atoms with Crippen molar-refractivity contribution in [2.45, 2.75) is 37.6 Å². The van der Waals surface area contributed by atoms with Crippen molar-refractivity contribution in [1.82, 2.24) is 20.2 Å². The number of aromatic nitrogens is 2. The maximum atomic E-state index is 12.4. The Morgan fingerprint density at radius 1 is 1.30 bits per heavy atom. The Bertz CT molecular complexity index is 745. The van der Waals surface area contributed by atoms with Gasteiger partial charge in [0, 0.05) is 19.5 Å². The van der Waals surface area contributed by atoms with Crippen molar-refractivity contribution in [2.24, 2.45) is 0 Å². The fraction of sp³-hybridized carbons (Fsp3) is 0.467. The second-order valence-electron chi connectivity index (χ2n) is 5.56. The van der Waals surface area contributed by atoms with Crippen molar-refractivity contribution in [1.29, 1.82) is 0 Å². The molecular weight excluding hydrogens is 316 g/mol. The van der Waals surface area contributed by atoms with E-state index in [2.05, 4.69) is 20.2 Å². The molecule has 23 heavy (non-hydrogen) atoms. The van der Waals surface area contributed by atoms with E-state index in [0.29, 0.717) is 37.7 Å². The van der Waals surface area contributed by atoms with E-state index in [1.54, 1.807) is 0 Å². The zero-order valence-corrected chi connectivity index (χ0v) is 13.7. The monoisotopic (exact) mass is 336 g/mol. The van der Waals surface area contributed by atoms with Crippen molar-refractivity contribution in [2.75, 3.05) is 6.54 Å². The second-order valence-corrected chi connectivity index (χ2v) is 7.60. The molecular formula is C15H20N4O3S. The van der Waals surface area contributed by atoms with Gasteiger partial charge in [-0.25, -0.2) is 13.1 Å². The van der Waals surface area contributed by atoms with Gasteiger partial charge in [0.2, 0.25) is 21.8 Å². The number of nitrogens with zero attached hydrogens (tertiary/aromatic N) is 2. The van der Waals surface area contributed by atoms with Crippen LogP contribution in [-0.4, -0.2) is 30.4 Å². The summed E-state index contributed by atoms with van der Waals surface area (Å²) in [4.78, 5) is 0. The second kappa shape index (κ2) is 6.77. The summed E-state index contributed by atoms with van der Waals surface area (Å²) in [7, 11) is -3.40. The van der Waals surface area contributed by atoms with Crippen molar-refractivity contribution < 1.29 is 12.8 Å². The molecule has 2 heterocycles. The molecule has 0 amide bonds. The molecule has 0 bridgehead atoms. The van der Waals surface area contributed by atoms with Gasteiger partial charge in [0.15, 0.2) is 0 Å². The Morgan fingerprint density at radius 2 is 2.09 bits per heavy atom. The number of benzene rings is 1. The zero-order chi connectivity index (χ0) is 16.3. The molecule has 0 aliphatic carbocycles. The van der Waals surface area contributed by atoms with Crippen LogP contribution in [-0.2, 0) is 23.0 Å². The quantitative estimate of drug-likeness (QED) is 0.821. The third-order valence-corrected chi connectivity index (χ3v) is 5.72. The van der Waals surface area contributed by atoms with Gasteiger partial charge in [-0.05, 0) is 12.0 Å². The molecule has 3 rings (SSSR count). The van der Waals surface area contributed by atoms with E-state index in [4.69, 9.17) is 4.42 Å². The summed E-state index contributed by atoms with van der Waals surface area (Å²) in [6.45, 7) is 2.60. The van der Waals surface area contributed by atoms with Gasteiger partial charge >= 0.3 is 0 Å². The van der Waals surface area contributed by atoms with Crippen LogP contribution in [0, 0.1) is 0 Å². The largest absolute Gasteiger partial charge is 0.424 e. The molecule has 124 valence electrons. The molecule has 2 N–H and O–H groups in total. The fourth-order valence-corrected chi connectivity index (χ4v) is 3.94. The lowest BCUT2D eigenvalue weighted by atomic mass is 10.2. The number of hydrogen-bond acceptors (Lipinski definition) is 6. The SMILES string of the molecule is CCc1nnc(C2CC(S(=O)(=O)NCc3ccccc3)CN2)o1. The van der Waals surface area contributed by atoms with Gasteiger partial charge in [-0.15, -0.1) is 10.2 Å². The van der Waals surface area contributed by atoms with Gasteiger partial charge in [-0.2, -0.15) is 0 Å². The van der Waals surface area contributed by atoms with Crippen LogP contribution in [0.2, 0.25) is 0 Å². The standard InChI is InChI=1S/C15H20N4O3S/c1-2-14-18-19-15(22-14)13-8-12(10-16-13)23(20,21)17-9-11-6-4-3-5-7-11/h3-7,12-13,16-17H,2,8-10H2,1H3. The Morgan fingerprint density at radius 3 is 2.78 bits per heavy atom. The molecule has 2 atom stereocenters. The van der Waals surface area contributed by atoms with E-state index in [1.807, 2.05) is 37.3 Å². The summed E-state index contributed by atoms with van der Waals surface area (Å²) in [5.74, 6) is 1.03. The average Bonchev–Trinajstić information content (AvgIpc) is 3.23. The van der Waals surface area contributed by atoms with E-state index in [1.165, 1.54) is 0 Å². The highest BCUT2D eigenvalue weighted by atomic mass is 32.2. The van der Waals surface area contributed by atoms with Crippen LogP contribution in [0.25, 0.3) is 0 Å². The van der Waals surface area contributed by atoms with E-state index >= 15 is 0 Å². The number of hydrogen-bond donors (Lipinski definition) is 2. The van der Waals surface area contributed by atoms with Gasteiger partial charge in [0.25, 0.3) is 0 Å². The highest BCUT2D eigenvalue weighted by Crippen LogP contribution is 2.26. The first-order valence-electron chi connectivity index (χ1n) is 7.66. The van der Waals surface area contributed by atoms with E-state index in [9.17, 15) is 8.42 Å². The first-order valence-corrected chi connectivity index (χ1v) is 9.21. The van der Waals surface area contributed by atoms with Crippen molar-refractivity contribution >= 4 is 10.0 Å². The van der Waals surface area contributed by atoms with Crippen LogP contribution in [0.15, 0.2) is 34.7 Å². The third kappa shape index (κ3) is 3.77. The summed E-state index contributed by atoms with van der Waals surface area (Å²) in [6.07, 6.45) is 1.09. The van der Waals surface area contributed by atoms with E-state index in [-0.39, 0.29) is 6.04 Å². The predicted octanol–water partition coefficient (Wildman–Crippen LogP) is 1.15. The predicted molar refractivity (Wildman–Crippen MR) is 85.0 cm³/mol. The molecule has 1 aromatic carbocycles. The topological polar surface area (TPSA) is 97.1 Å². The molecule has 7 nitrogen and oxygen atoms in total. The van der Waals surface area contributed by atoms with Gasteiger partial charge in [0.1, 0.15) is 0 Å². The molecule has 2 unspecified atom stereocenters. The molecule has 0 spiro atoms. The normalized spacial score (nSPS) is 21.6. The summed E-state index contributed by atoms with van der Waals surface area (Å²) in [5, 5.41) is 10.5. The molecule has 0 radical (unpaired) electrons. The van der Waals surface area contributed by atoms with E-state index in [0.717, 1.165) is 5.56 Å². The van der Waals surface area contributed by atoms with Crippen LogP contribution >= 0.6 is 0 Å². The lowest BCUT2D eigenvalue weighted by Crippen LogP contribution is -2.35. The number of rotatable bonds is 6. The van der Waals surface area contributed by atoms with Gasteiger partial charge in [-0.3, -0.25) is 0 Å². The summed E-state index contributed by atoms with van der Waals surface area (Å²) in [6, 6.07) is 9.25. The van der Waals surface area contributed by atoms with Gasteiger partial charge < -0.3 is 9.73 Å². The minimum absolute atomic E-state index is 0.207. The van der Waals surface area contributed by atoms with Gasteiger partial charge in [-0.1, -0.05) is 37.3 Å². The average molecular weight is 336 g/mol. The Labute approximate surface area is 135 Å². The lowest BCUT2D eigenvalue weighted by Gasteiger charge is -2.12. The van der Waals surface area contributed by atoms with Crippen LogP contribution in [0.3, 0.4) is 0 Å². The third-order valence-electron chi connectivity index (χ3n) is 3.93. The van der Waals surface area contributed by atoms with Crippen molar-refractivity contribution in [3.05, 3.63) is 47.7 Å². The zero-order valence-electron chi connectivity index (χ0n) is 12.9. The minimum Gasteiger partial charge on any atom is -0.424 e. The number of nitrogens with one attached hydrogen (secondary N) is 2. The van der Waals surface area contributed by atoms with Crippen LogP contribution in [0.1, 0.15) is 36.7 Å². The Kier molecular flexibility index (Phi) is 4.74. The Balaban J connectivity index is 1.61. The molecule has 1 aliphatic heterocycles.